The molecule has 3 aromatic rings. The summed E-state index contributed by atoms with van der Waals surface area (Å²) in [6.07, 6.45) is 5.85. The number of ketones is 1. The maximum absolute atomic E-state index is 12.0. The molecule has 150 valence electrons. The second kappa shape index (κ2) is 10.1. The minimum absolute atomic E-state index is 0.0302. The van der Waals surface area contributed by atoms with Gasteiger partial charge in [0.15, 0.2) is 5.78 Å². The highest BCUT2D eigenvalue weighted by Crippen LogP contribution is 2.09. The number of hydrazone groups is 1. The van der Waals surface area contributed by atoms with Crippen molar-refractivity contribution in [1.82, 2.24) is 24.8 Å². The molecule has 0 spiro atoms. The lowest BCUT2D eigenvalue weighted by molar-refractivity contribution is 0.101. The SMILES string of the molecule is CC(=NNS(=O)(=O)c1ccc(C)cc1)c1ccncn1.CC(=O)c1ccncn1. The lowest BCUT2D eigenvalue weighted by atomic mass is 10.2. The molecule has 0 aliphatic carbocycles. The van der Waals surface area contributed by atoms with Gasteiger partial charge in [0.1, 0.15) is 18.3 Å². The van der Waals surface area contributed by atoms with Gasteiger partial charge >= 0.3 is 0 Å². The predicted octanol–water partition coefficient (Wildman–Crippen LogP) is 2.17. The van der Waals surface area contributed by atoms with Crippen molar-refractivity contribution >= 4 is 21.5 Å². The molecule has 0 radical (unpaired) electrons. The first kappa shape index (κ1) is 21.8. The Morgan fingerprint density at radius 3 is 1.90 bits per heavy atom. The Kier molecular flexibility index (Phi) is 7.61. The van der Waals surface area contributed by atoms with E-state index in [1.807, 2.05) is 6.92 Å². The molecule has 3 rings (SSSR count). The van der Waals surface area contributed by atoms with Crippen molar-refractivity contribution in [3.05, 3.63) is 78.4 Å². The zero-order chi connectivity index (χ0) is 21.3. The fourth-order valence-corrected chi connectivity index (χ4v) is 2.82. The number of rotatable bonds is 5. The summed E-state index contributed by atoms with van der Waals surface area (Å²) in [5.74, 6) is -0.0302. The van der Waals surface area contributed by atoms with Crippen LogP contribution in [-0.4, -0.2) is 39.8 Å². The molecule has 9 nitrogen and oxygen atoms in total. The van der Waals surface area contributed by atoms with Gasteiger partial charge in [-0.3, -0.25) is 4.79 Å². The Balaban J connectivity index is 0.000000278. The highest BCUT2D eigenvalue weighted by Gasteiger charge is 2.12. The van der Waals surface area contributed by atoms with E-state index in [4.69, 9.17) is 0 Å². The summed E-state index contributed by atoms with van der Waals surface area (Å²) >= 11 is 0. The summed E-state index contributed by atoms with van der Waals surface area (Å²) in [6, 6.07) is 9.77. The van der Waals surface area contributed by atoms with Gasteiger partial charge in [-0.25, -0.2) is 19.9 Å². The molecule has 0 atom stereocenters. The van der Waals surface area contributed by atoms with E-state index in [0.29, 0.717) is 17.1 Å². The van der Waals surface area contributed by atoms with E-state index < -0.39 is 10.0 Å². The molecule has 0 fully saturated rings. The summed E-state index contributed by atoms with van der Waals surface area (Å²) in [5.41, 5.74) is 2.48. The van der Waals surface area contributed by atoms with E-state index >= 15 is 0 Å². The van der Waals surface area contributed by atoms with E-state index in [2.05, 4.69) is 29.9 Å². The van der Waals surface area contributed by atoms with Crippen LogP contribution >= 0.6 is 0 Å². The minimum atomic E-state index is -3.66. The largest absolute Gasteiger partial charge is 0.293 e. The normalized spacial score (nSPS) is 11.2. The summed E-state index contributed by atoms with van der Waals surface area (Å²) in [6.45, 7) is 5.03. The number of nitrogens with one attached hydrogen (secondary N) is 1. The lowest BCUT2D eigenvalue weighted by Crippen LogP contribution is -2.20. The van der Waals surface area contributed by atoms with Gasteiger partial charge in [0.05, 0.1) is 16.3 Å². The Hall–Kier alpha value is -3.53. The number of sulfonamides is 1. The van der Waals surface area contributed by atoms with Crippen LogP contribution in [0.3, 0.4) is 0 Å². The number of aromatic nitrogens is 4. The van der Waals surface area contributed by atoms with E-state index in [1.165, 1.54) is 31.7 Å². The van der Waals surface area contributed by atoms with Crippen LogP contribution in [0.25, 0.3) is 0 Å². The molecule has 0 unspecified atom stereocenters. The molecule has 29 heavy (non-hydrogen) atoms. The smallest absolute Gasteiger partial charge is 0.276 e. The number of carbonyl (C=O) groups excluding carboxylic acids is 1. The van der Waals surface area contributed by atoms with Gasteiger partial charge in [-0.1, -0.05) is 17.7 Å². The lowest BCUT2D eigenvalue weighted by Gasteiger charge is -2.05. The molecule has 0 saturated heterocycles. The van der Waals surface area contributed by atoms with Gasteiger partial charge < -0.3 is 0 Å². The summed E-state index contributed by atoms with van der Waals surface area (Å²) in [7, 11) is -3.66. The Morgan fingerprint density at radius 2 is 1.45 bits per heavy atom. The Bertz CT molecular complexity index is 1070. The van der Waals surface area contributed by atoms with Gasteiger partial charge in [-0.05, 0) is 38.1 Å². The van der Waals surface area contributed by atoms with Crippen molar-refractivity contribution in [1.29, 1.82) is 0 Å². The zero-order valence-corrected chi connectivity index (χ0v) is 17.0. The van der Waals surface area contributed by atoms with Gasteiger partial charge in [0.2, 0.25) is 0 Å². The molecule has 2 heterocycles. The molecule has 0 bridgehead atoms. The molecule has 10 heteroatoms. The van der Waals surface area contributed by atoms with Gasteiger partial charge in [0, 0.05) is 19.3 Å². The standard InChI is InChI=1S/C13H14N4O2S.C6H6N2O/c1-10-3-5-12(6-4-10)20(18,19)17-16-11(2)13-7-8-14-9-15-13;1-5(9)6-2-3-7-4-8-6/h3-9,17H,1-2H3;2-4H,1H3. The average molecular weight is 412 g/mol. The van der Waals surface area contributed by atoms with Gasteiger partial charge in [-0.15, -0.1) is 0 Å². The van der Waals surface area contributed by atoms with Crippen LogP contribution < -0.4 is 4.83 Å². The molecular formula is C19H20N6O3S. The third kappa shape index (κ3) is 6.85. The third-order valence-electron chi connectivity index (χ3n) is 3.56. The first-order valence-electron chi connectivity index (χ1n) is 8.45. The number of benzene rings is 1. The molecule has 0 amide bonds. The monoisotopic (exact) mass is 412 g/mol. The van der Waals surface area contributed by atoms with Gasteiger partial charge in [0.25, 0.3) is 10.0 Å². The summed E-state index contributed by atoms with van der Waals surface area (Å²) in [4.78, 5) is 28.1. The molecule has 1 N–H and O–H groups in total. The second-order valence-electron chi connectivity index (χ2n) is 5.85. The van der Waals surface area contributed by atoms with Crippen LogP contribution in [-0.2, 0) is 10.0 Å². The van der Waals surface area contributed by atoms with Crippen LogP contribution in [0.1, 0.15) is 35.6 Å². The quantitative estimate of drug-likeness (QED) is 0.386. The minimum Gasteiger partial charge on any atom is -0.293 e. The van der Waals surface area contributed by atoms with Crippen molar-refractivity contribution in [2.75, 3.05) is 0 Å². The van der Waals surface area contributed by atoms with Crippen LogP contribution in [0.5, 0.6) is 0 Å². The van der Waals surface area contributed by atoms with Crippen LogP contribution in [0.15, 0.2) is 71.4 Å². The topological polar surface area (TPSA) is 127 Å². The fraction of sp³-hybridized carbons (Fsp3) is 0.158. The number of hydrogen-bond acceptors (Lipinski definition) is 8. The van der Waals surface area contributed by atoms with Crippen LogP contribution in [0.2, 0.25) is 0 Å². The van der Waals surface area contributed by atoms with Crippen molar-refractivity contribution in [2.24, 2.45) is 5.10 Å². The van der Waals surface area contributed by atoms with Crippen molar-refractivity contribution in [3.63, 3.8) is 0 Å². The van der Waals surface area contributed by atoms with E-state index in [1.54, 1.807) is 43.6 Å². The fourth-order valence-electron chi connectivity index (χ4n) is 1.96. The number of carbonyl (C=O) groups is 1. The van der Waals surface area contributed by atoms with Crippen molar-refractivity contribution < 1.29 is 13.2 Å². The predicted molar refractivity (Wildman–Crippen MR) is 108 cm³/mol. The Morgan fingerprint density at radius 1 is 0.897 bits per heavy atom. The molecular weight excluding hydrogens is 392 g/mol. The van der Waals surface area contributed by atoms with Crippen LogP contribution in [0, 0.1) is 6.92 Å². The summed E-state index contributed by atoms with van der Waals surface area (Å²) < 4.78 is 24.1. The number of Topliss-reactive ketones (excluding diaryl/α,β-unsaturated/α-hetero) is 1. The summed E-state index contributed by atoms with van der Waals surface area (Å²) in [5, 5.41) is 3.85. The van der Waals surface area contributed by atoms with E-state index in [9.17, 15) is 13.2 Å². The number of hydrogen-bond donors (Lipinski definition) is 1. The molecule has 0 aliphatic heterocycles. The molecule has 0 saturated carbocycles. The number of nitrogens with zero attached hydrogens (tertiary/aromatic N) is 5. The molecule has 0 aliphatic rings. The van der Waals surface area contributed by atoms with E-state index in [-0.39, 0.29) is 10.7 Å². The Labute approximate surface area is 169 Å². The average Bonchev–Trinajstić information content (AvgIpc) is 2.74. The second-order valence-corrected chi connectivity index (χ2v) is 7.51. The highest BCUT2D eigenvalue weighted by molar-refractivity contribution is 7.89. The van der Waals surface area contributed by atoms with Crippen molar-refractivity contribution in [3.8, 4) is 0 Å². The zero-order valence-electron chi connectivity index (χ0n) is 16.1. The highest BCUT2D eigenvalue weighted by atomic mass is 32.2. The maximum atomic E-state index is 12.0. The van der Waals surface area contributed by atoms with E-state index in [0.717, 1.165) is 5.56 Å². The molecule has 2 aromatic heterocycles. The maximum Gasteiger partial charge on any atom is 0.276 e. The van der Waals surface area contributed by atoms with Crippen molar-refractivity contribution in [2.45, 2.75) is 25.7 Å². The number of aryl methyl sites for hydroxylation is 1. The van der Waals surface area contributed by atoms with Gasteiger partial charge in [-0.2, -0.15) is 18.4 Å². The third-order valence-corrected chi connectivity index (χ3v) is 4.78. The first-order chi connectivity index (χ1) is 13.8. The first-order valence-corrected chi connectivity index (χ1v) is 9.94. The van der Waals surface area contributed by atoms with Crippen LogP contribution in [0.4, 0.5) is 0 Å². The molecule has 1 aromatic carbocycles.